The van der Waals surface area contributed by atoms with Crippen molar-refractivity contribution in [3.8, 4) is 11.5 Å². The molecular formula is C24H20FN3O3. The minimum Gasteiger partial charge on any atom is -0.454 e. The van der Waals surface area contributed by atoms with Crippen molar-refractivity contribution in [2.24, 2.45) is 0 Å². The van der Waals surface area contributed by atoms with E-state index in [0.29, 0.717) is 35.7 Å². The SMILES string of the molecule is O=c1c(CNCc2cccnc2)cc2cc3c(cc2n1Cc1cccc(F)c1)OCO3. The van der Waals surface area contributed by atoms with Crippen molar-refractivity contribution in [1.29, 1.82) is 0 Å². The van der Waals surface area contributed by atoms with Gasteiger partial charge in [-0.1, -0.05) is 18.2 Å². The van der Waals surface area contributed by atoms with E-state index in [2.05, 4.69) is 10.3 Å². The first-order valence-corrected chi connectivity index (χ1v) is 9.97. The van der Waals surface area contributed by atoms with E-state index in [1.807, 2.05) is 36.4 Å². The molecule has 4 aromatic rings. The number of aromatic nitrogens is 2. The van der Waals surface area contributed by atoms with Crippen LogP contribution in [-0.2, 0) is 19.6 Å². The van der Waals surface area contributed by atoms with Crippen LogP contribution in [0.4, 0.5) is 4.39 Å². The number of pyridine rings is 2. The maximum absolute atomic E-state index is 13.7. The number of nitrogens with one attached hydrogen (secondary N) is 1. The van der Waals surface area contributed by atoms with Gasteiger partial charge in [0.25, 0.3) is 5.56 Å². The predicted octanol–water partition coefficient (Wildman–Crippen LogP) is 3.60. The van der Waals surface area contributed by atoms with E-state index in [0.717, 1.165) is 16.5 Å². The first-order valence-electron chi connectivity index (χ1n) is 9.97. The Balaban J connectivity index is 1.53. The van der Waals surface area contributed by atoms with Gasteiger partial charge in [0.05, 0.1) is 12.1 Å². The molecule has 0 fully saturated rings. The Morgan fingerprint density at radius 2 is 1.84 bits per heavy atom. The zero-order valence-corrected chi connectivity index (χ0v) is 16.7. The third kappa shape index (κ3) is 4.00. The molecule has 1 aliphatic rings. The van der Waals surface area contributed by atoms with E-state index >= 15 is 0 Å². The van der Waals surface area contributed by atoms with E-state index in [1.165, 1.54) is 12.1 Å². The average molecular weight is 417 g/mol. The predicted molar refractivity (Wildman–Crippen MR) is 115 cm³/mol. The average Bonchev–Trinajstić information content (AvgIpc) is 3.23. The number of nitrogens with zero attached hydrogens (tertiary/aromatic N) is 2. The highest BCUT2D eigenvalue weighted by Crippen LogP contribution is 2.36. The fourth-order valence-corrected chi connectivity index (χ4v) is 3.77. The quantitative estimate of drug-likeness (QED) is 0.519. The maximum Gasteiger partial charge on any atom is 0.255 e. The summed E-state index contributed by atoms with van der Waals surface area (Å²) < 4.78 is 26.4. The number of hydrogen-bond donors (Lipinski definition) is 1. The second kappa shape index (κ2) is 8.20. The smallest absolute Gasteiger partial charge is 0.255 e. The minimum absolute atomic E-state index is 0.130. The maximum atomic E-state index is 13.7. The molecule has 2 aromatic heterocycles. The highest BCUT2D eigenvalue weighted by molar-refractivity contribution is 5.84. The molecule has 1 N–H and O–H groups in total. The number of fused-ring (bicyclic) bond motifs is 2. The van der Waals surface area contributed by atoms with Crippen LogP contribution in [0.15, 0.2) is 71.8 Å². The molecule has 0 spiro atoms. The molecule has 31 heavy (non-hydrogen) atoms. The lowest BCUT2D eigenvalue weighted by Gasteiger charge is -2.14. The van der Waals surface area contributed by atoms with Crippen molar-refractivity contribution in [3.05, 3.63) is 99.9 Å². The fourth-order valence-electron chi connectivity index (χ4n) is 3.77. The van der Waals surface area contributed by atoms with Crippen molar-refractivity contribution in [2.45, 2.75) is 19.6 Å². The topological polar surface area (TPSA) is 65.4 Å². The van der Waals surface area contributed by atoms with Gasteiger partial charge >= 0.3 is 0 Å². The van der Waals surface area contributed by atoms with Gasteiger partial charge in [-0.05, 0) is 41.5 Å². The summed E-state index contributed by atoms with van der Waals surface area (Å²) >= 11 is 0. The lowest BCUT2D eigenvalue weighted by molar-refractivity contribution is 0.174. The van der Waals surface area contributed by atoms with E-state index in [1.54, 1.807) is 23.0 Å². The second-order valence-corrected chi connectivity index (χ2v) is 7.42. The molecule has 0 atom stereocenters. The Labute approximate surface area is 177 Å². The number of halogens is 1. The van der Waals surface area contributed by atoms with Crippen molar-refractivity contribution < 1.29 is 13.9 Å². The van der Waals surface area contributed by atoms with Crippen LogP contribution in [0.25, 0.3) is 10.9 Å². The van der Waals surface area contributed by atoms with Crippen LogP contribution in [0.5, 0.6) is 11.5 Å². The fraction of sp³-hybridized carbons (Fsp3) is 0.167. The van der Waals surface area contributed by atoms with Crippen molar-refractivity contribution in [1.82, 2.24) is 14.9 Å². The lowest BCUT2D eigenvalue weighted by Crippen LogP contribution is -2.28. The number of benzene rings is 2. The normalized spacial score (nSPS) is 12.4. The van der Waals surface area contributed by atoms with Crippen molar-refractivity contribution >= 4 is 10.9 Å². The molecule has 7 heteroatoms. The van der Waals surface area contributed by atoms with Gasteiger partial charge < -0.3 is 19.4 Å². The summed E-state index contributed by atoms with van der Waals surface area (Å²) in [6.07, 6.45) is 3.51. The van der Waals surface area contributed by atoms with Crippen molar-refractivity contribution in [2.75, 3.05) is 6.79 Å². The van der Waals surface area contributed by atoms with Gasteiger partial charge in [-0.3, -0.25) is 9.78 Å². The molecule has 1 aliphatic heterocycles. The van der Waals surface area contributed by atoms with Gasteiger partial charge in [0.15, 0.2) is 11.5 Å². The molecule has 0 radical (unpaired) electrons. The molecule has 156 valence electrons. The molecule has 0 aliphatic carbocycles. The van der Waals surface area contributed by atoms with E-state index in [9.17, 15) is 9.18 Å². The number of rotatable bonds is 6. The summed E-state index contributed by atoms with van der Waals surface area (Å²) in [5, 5.41) is 4.17. The standard InChI is InChI=1S/C24H20FN3O3/c25-20-5-1-3-16(7-20)14-28-21-10-23-22(30-15-31-23)9-18(21)8-19(24(28)29)13-27-12-17-4-2-6-26-11-17/h1-11,27H,12-15H2. The van der Waals surface area contributed by atoms with Crippen LogP contribution >= 0.6 is 0 Å². The molecule has 2 aromatic carbocycles. The van der Waals surface area contributed by atoms with Gasteiger partial charge in [0.1, 0.15) is 5.82 Å². The van der Waals surface area contributed by atoms with Crippen LogP contribution in [0, 0.1) is 5.82 Å². The zero-order valence-electron chi connectivity index (χ0n) is 16.7. The molecule has 0 bridgehead atoms. The first-order chi connectivity index (χ1) is 15.2. The summed E-state index contributed by atoms with van der Waals surface area (Å²) in [6.45, 7) is 1.39. The Bertz CT molecular complexity index is 1300. The summed E-state index contributed by atoms with van der Waals surface area (Å²) in [6, 6.07) is 15.7. The number of hydrogen-bond acceptors (Lipinski definition) is 5. The first kappa shape index (κ1) is 19.3. The van der Waals surface area contributed by atoms with Gasteiger partial charge in [0, 0.05) is 42.5 Å². The Morgan fingerprint density at radius 3 is 2.65 bits per heavy atom. The summed E-state index contributed by atoms with van der Waals surface area (Å²) in [5.74, 6) is 0.918. The molecule has 0 saturated heterocycles. The van der Waals surface area contributed by atoms with Gasteiger partial charge in [-0.2, -0.15) is 0 Å². The molecule has 3 heterocycles. The zero-order chi connectivity index (χ0) is 21.2. The molecule has 0 unspecified atom stereocenters. The van der Waals surface area contributed by atoms with Crippen molar-refractivity contribution in [3.63, 3.8) is 0 Å². The van der Waals surface area contributed by atoms with E-state index in [4.69, 9.17) is 9.47 Å². The largest absolute Gasteiger partial charge is 0.454 e. The Hall–Kier alpha value is -3.71. The van der Waals surface area contributed by atoms with Crippen LogP contribution < -0.4 is 20.3 Å². The highest BCUT2D eigenvalue weighted by atomic mass is 19.1. The molecule has 0 saturated carbocycles. The summed E-state index contributed by atoms with van der Waals surface area (Å²) in [4.78, 5) is 17.5. The Kier molecular flexibility index (Phi) is 5.09. The van der Waals surface area contributed by atoms with Gasteiger partial charge in [-0.15, -0.1) is 0 Å². The monoisotopic (exact) mass is 417 g/mol. The summed E-state index contributed by atoms with van der Waals surface area (Å²) in [5.41, 5.74) is 2.95. The molecule has 0 amide bonds. The minimum atomic E-state index is -0.332. The number of ether oxygens (including phenoxy) is 2. The molecule has 5 rings (SSSR count). The Morgan fingerprint density at radius 1 is 1.00 bits per heavy atom. The van der Waals surface area contributed by atoms with Crippen LogP contribution in [0.3, 0.4) is 0 Å². The van der Waals surface area contributed by atoms with Crippen LogP contribution in [0.1, 0.15) is 16.7 Å². The van der Waals surface area contributed by atoms with Gasteiger partial charge in [-0.25, -0.2) is 4.39 Å². The third-order valence-corrected chi connectivity index (χ3v) is 5.26. The van der Waals surface area contributed by atoms with Crippen LogP contribution in [0.2, 0.25) is 0 Å². The molecule has 6 nitrogen and oxygen atoms in total. The summed E-state index contributed by atoms with van der Waals surface area (Å²) in [7, 11) is 0. The second-order valence-electron chi connectivity index (χ2n) is 7.42. The van der Waals surface area contributed by atoms with Crippen LogP contribution in [-0.4, -0.2) is 16.3 Å². The molecular weight excluding hydrogens is 397 g/mol. The van der Waals surface area contributed by atoms with Gasteiger partial charge in [0.2, 0.25) is 6.79 Å². The lowest BCUT2D eigenvalue weighted by atomic mass is 10.1. The third-order valence-electron chi connectivity index (χ3n) is 5.26. The van der Waals surface area contributed by atoms with E-state index in [-0.39, 0.29) is 24.7 Å². The highest BCUT2D eigenvalue weighted by Gasteiger charge is 2.18. The van der Waals surface area contributed by atoms with E-state index < -0.39 is 0 Å².